The molecule has 150 valence electrons. The van der Waals surface area contributed by atoms with Crippen molar-refractivity contribution in [3.63, 3.8) is 0 Å². The highest BCUT2D eigenvalue weighted by Crippen LogP contribution is 2.36. The van der Waals surface area contributed by atoms with Gasteiger partial charge in [-0.25, -0.2) is 4.39 Å². The second-order valence-corrected chi connectivity index (χ2v) is 8.55. The van der Waals surface area contributed by atoms with Crippen molar-refractivity contribution < 1.29 is 9.18 Å². The van der Waals surface area contributed by atoms with Gasteiger partial charge in [0.15, 0.2) is 16.8 Å². The number of aromatic nitrogens is 3. The van der Waals surface area contributed by atoms with E-state index >= 15 is 0 Å². The molecule has 4 rings (SSSR count). The maximum absolute atomic E-state index is 14.4. The number of ketones is 1. The van der Waals surface area contributed by atoms with Gasteiger partial charge >= 0.3 is 0 Å². The van der Waals surface area contributed by atoms with E-state index in [4.69, 9.17) is 11.6 Å². The molecule has 29 heavy (non-hydrogen) atoms. The zero-order valence-electron chi connectivity index (χ0n) is 15.9. The number of hydrogen-bond acceptors (Lipinski definition) is 4. The van der Waals surface area contributed by atoms with E-state index in [0.29, 0.717) is 27.1 Å². The molecule has 0 bridgehead atoms. The zero-order valence-corrected chi connectivity index (χ0v) is 17.4. The van der Waals surface area contributed by atoms with E-state index < -0.39 is 0 Å². The van der Waals surface area contributed by atoms with E-state index in [2.05, 4.69) is 10.2 Å². The Bertz CT molecular complexity index is 1000. The molecule has 0 aliphatic heterocycles. The number of Topliss-reactive ketones (excluding diaryl/α,β-unsaturated/α-hetero) is 1. The molecule has 0 spiro atoms. The average molecular weight is 430 g/mol. The van der Waals surface area contributed by atoms with Gasteiger partial charge in [0.2, 0.25) is 0 Å². The van der Waals surface area contributed by atoms with Crippen molar-refractivity contribution in [3.05, 3.63) is 64.9 Å². The van der Waals surface area contributed by atoms with Crippen molar-refractivity contribution in [2.24, 2.45) is 0 Å². The summed E-state index contributed by atoms with van der Waals surface area (Å²) < 4.78 is 16.5. The molecule has 1 aliphatic carbocycles. The van der Waals surface area contributed by atoms with Crippen LogP contribution in [0.5, 0.6) is 0 Å². The summed E-state index contributed by atoms with van der Waals surface area (Å²) >= 11 is 7.25. The number of hydrogen-bond donors (Lipinski definition) is 0. The summed E-state index contributed by atoms with van der Waals surface area (Å²) in [4.78, 5) is 12.6. The molecule has 1 heterocycles. The summed E-state index contributed by atoms with van der Waals surface area (Å²) in [7, 11) is 0. The van der Waals surface area contributed by atoms with Crippen molar-refractivity contribution >= 4 is 29.1 Å². The van der Waals surface area contributed by atoms with Crippen LogP contribution >= 0.6 is 23.4 Å². The van der Waals surface area contributed by atoms with Gasteiger partial charge in [-0.05, 0) is 49.2 Å². The predicted molar refractivity (Wildman–Crippen MR) is 114 cm³/mol. The molecule has 0 unspecified atom stereocenters. The van der Waals surface area contributed by atoms with Crippen molar-refractivity contribution in [1.82, 2.24) is 14.8 Å². The zero-order chi connectivity index (χ0) is 20.2. The Labute approximate surface area is 178 Å². The number of carbonyl (C=O) groups excluding carboxylic acids is 1. The van der Waals surface area contributed by atoms with E-state index in [1.807, 2.05) is 4.57 Å². The number of thioether (sulfide) groups is 1. The Hall–Kier alpha value is -2.18. The summed E-state index contributed by atoms with van der Waals surface area (Å²) in [6.45, 7) is 0. The van der Waals surface area contributed by atoms with E-state index in [1.165, 1.54) is 24.2 Å². The highest BCUT2D eigenvalue weighted by atomic mass is 35.5. The number of halogens is 2. The Morgan fingerprint density at radius 1 is 1.07 bits per heavy atom. The Kier molecular flexibility index (Phi) is 6.31. The van der Waals surface area contributed by atoms with Crippen molar-refractivity contribution in [3.8, 4) is 11.4 Å². The van der Waals surface area contributed by atoms with Crippen LogP contribution in [0.15, 0.2) is 53.7 Å². The molecule has 4 nitrogen and oxygen atoms in total. The molecule has 0 radical (unpaired) electrons. The lowest BCUT2D eigenvalue weighted by molar-refractivity contribution is 0.102. The van der Waals surface area contributed by atoms with Crippen LogP contribution in [0.2, 0.25) is 5.02 Å². The molecule has 1 aromatic heterocycles. The highest BCUT2D eigenvalue weighted by molar-refractivity contribution is 7.99. The molecule has 7 heteroatoms. The molecule has 1 aliphatic rings. The first kappa shape index (κ1) is 20.1. The highest BCUT2D eigenvalue weighted by Gasteiger charge is 2.25. The third-order valence-electron chi connectivity index (χ3n) is 5.22. The predicted octanol–water partition coefficient (Wildman–Crippen LogP) is 6.22. The van der Waals surface area contributed by atoms with E-state index in [-0.39, 0.29) is 23.4 Å². The van der Waals surface area contributed by atoms with Gasteiger partial charge in [-0.15, -0.1) is 10.2 Å². The molecule has 0 saturated heterocycles. The minimum Gasteiger partial charge on any atom is -0.299 e. The summed E-state index contributed by atoms with van der Waals surface area (Å²) in [6, 6.07) is 13.7. The van der Waals surface area contributed by atoms with Crippen molar-refractivity contribution in [2.75, 3.05) is 5.75 Å². The Morgan fingerprint density at radius 2 is 1.79 bits per heavy atom. The minimum absolute atomic E-state index is 0.00250. The van der Waals surface area contributed by atoms with Crippen LogP contribution in [-0.2, 0) is 0 Å². The fourth-order valence-corrected chi connectivity index (χ4v) is 4.75. The number of carbonyl (C=O) groups is 1. The van der Waals surface area contributed by atoms with Crippen LogP contribution in [-0.4, -0.2) is 26.3 Å². The van der Waals surface area contributed by atoms with E-state index in [1.54, 1.807) is 42.5 Å². The monoisotopic (exact) mass is 429 g/mol. The summed E-state index contributed by atoms with van der Waals surface area (Å²) in [6.07, 6.45) is 5.50. The SMILES string of the molecule is O=C(CSc1nnc(-c2ccccc2F)n1C1CCCCC1)c1ccc(Cl)cc1. The van der Waals surface area contributed by atoms with Gasteiger partial charge in [0.05, 0.1) is 11.3 Å². The fraction of sp³-hybridized carbons (Fsp3) is 0.318. The molecule has 2 aromatic carbocycles. The van der Waals surface area contributed by atoms with Crippen LogP contribution in [0.3, 0.4) is 0 Å². The van der Waals surface area contributed by atoms with Crippen LogP contribution < -0.4 is 0 Å². The normalized spacial score (nSPS) is 14.8. The minimum atomic E-state index is -0.314. The summed E-state index contributed by atoms with van der Waals surface area (Å²) in [5, 5.41) is 9.89. The van der Waals surface area contributed by atoms with E-state index in [9.17, 15) is 9.18 Å². The Balaban J connectivity index is 1.61. The van der Waals surface area contributed by atoms with Crippen molar-refractivity contribution in [1.29, 1.82) is 0 Å². The topological polar surface area (TPSA) is 47.8 Å². The van der Waals surface area contributed by atoms with Crippen LogP contribution in [0.4, 0.5) is 4.39 Å². The van der Waals surface area contributed by atoms with Crippen LogP contribution in [0.1, 0.15) is 48.5 Å². The second kappa shape index (κ2) is 9.09. The number of nitrogens with zero attached hydrogens (tertiary/aromatic N) is 3. The molecular formula is C22H21ClFN3OS. The third-order valence-corrected chi connectivity index (χ3v) is 6.41. The third kappa shape index (κ3) is 4.54. The Morgan fingerprint density at radius 3 is 2.52 bits per heavy atom. The summed E-state index contributed by atoms with van der Waals surface area (Å²) in [5.74, 6) is 0.462. The van der Waals surface area contributed by atoms with Gasteiger partial charge in [-0.3, -0.25) is 9.36 Å². The van der Waals surface area contributed by atoms with Gasteiger partial charge < -0.3 is 0 Å². The lowest BCUT2D eigenvalue weighted by Crippen LogP contribution is -2.16. The lowest BCUT2D eigenvalue weighted by atomic mass is 9.95. The van der Waals surface area contributed by atoms with E-state index in [0.717, 1.165) is 25.7 Å². The maximum atomic E-state index is 14.4. The smallest absolute Gasteiger partial charge is 0.192 e. The van der Waals surface area contributed by atoms with Gasteiger partial charge in [0, 0.05) is 16.6 Å². The summed E-state index contributed by atoms with van der Waals surface area (Å²) in [5.41, 5.74) is 1.06. The first-order valence-electron chi connectivity index (χ1n) is 9.75. The molecule has 0 atom stereocenters. The largest absolute Gasteiger partial charge is 0.299 e. The molecular weight excluding hydrogens is 409 g/mol. The molecule has 1 fully saturated rings. The average Bonchev–Trinajstić information content (AvgIpc) is 3.17. The van der Waals surface area contributed by atoms with Gasteiger partial charge in [-0.2, -0.15) is 0 Å². The first-order valence-corrected chi connectivity index (χ1v) is 11.1. The molecule has 0 amide bonds. The molecule has 3 aromatic rings. The fourth-order valence-electron chi connectivity index (χ4n) is 3.72. The number of benzene rings is 2. The number of rotatable bonds is 6. The van der Waals surface area contributed by atoms with Gasteiger partial charge in [0.25, 0.3) is 0 Å². The van der Waals surface area contributed by atoms with Crippen molar-refractivity contribution in [2.45, 2.75) is 43.3 Å². The quantitative estimate of drug-likeness (QED) is 0.345. The van der Waals surface area contributed by atoms with Gasteiger partial charge in [-0.1, -0.05) is 54.8 Å². The van der Waals surface area contributed by atoms with Gasteiger partial charge in [0.1, 0.15) is 5.82 Å². The molecule has 1 saturated carbocycles. The maximum Gasteiger partial charge on any atom is 0.192 e. The molecule has 0 N–H and O–H groups in total. The van der Waals surface area contributed by atoms with Crippen LogP contribution in [0.25, 0.3) is 11.4 Å². The lowest BCUT2D eigenvalue weighted by Gasteiger charge is -2.25. The van der Waals surface area contributed by atoms with Crippen LogP contribution in [0, 0.1) is 5.82 Å². The standard InChI is InChI=1S/C22H21ClFN3OS/c23-16-12-10-15(11-13-16)20(28)14-29-22-26-25-21(18-8-4-5-9-19(18)24)27(22)17-6-2-1-3-7-17/h4-5,8-13,17H,1-3,6-7,14H2. The first-order chi connectivity index (χ1) is 14.1. The second-order valence-electron chi connectivity index (χ2n) is 7.17.